The maximum atomic E-state index is 12.5. The van der Waals surface area contributed by atoms with Crippen molar-refractivity contribution in [2.45, 2.75) is 58.3 Å². The number of carbonyl (C=O) groups excluding carboxylic acids is 1. The maximum Gasteiger partial charge on any atom is 0.223 e. The van der Waals surface area contributed by atoms with E-state index in [1.165, 1.54) is 10.6 Å². The molecule has 0 aromatic heterocycles. The van der Waals surface area contributed by atoms with Crippen molar-refractivity contribution >= 4 is 15.9 Å². The minimum atomic E-state index is -3.15. The molecule has 2 saturated heterocycles. The fourth-order valence-corrected chi connectivity index (χ4v) is 4.56. The van der Waals surface area contributed by atoms with Crippen LogP contribution in [0.2, 0.25) is 0 Å². The fraction of sp³-hybridized carbons (Fsp3) is 0.941. The van der Waals surface area contributed by atoms with Crippen molar-refractivity contribution in [3.8, 4) is 0 Å². The first-order valence-corrected chi connectivity index (χ1v) is 11.0. The maximum absolute atomic E-state index is 12.5. The van der Waals surface area contributed by atoms with Crippen LogP contribution in [0.15, 0.2) is 0 Å². The van der Waals surface area contributed by atoms with E-state index in [-0.39, 0.29) is 29.6 Å². The van der Waals surface area contributed by atoms with Gasteiger partial charge in [-0.1, -0.05) is 0 Å². The second kappa shape index (κ2) is 7.90. The molecule has 7 nitrogen and oxygen atoms in total. The molecule has 1 amide bonds. The Balaban J connectivity index is 1.83. The number of morpholine rings is 1. The molecule has 0 spiro atoms. The highest BCUT2D eigenvalue weighted by atomic mass is 32.2. The van der Waals surface area contributed by atoms with Gasteiger partial charge in [-0.25, -0.2) is 12.7 Å². The molecule has 2 atom stereocenters. The van der Waals surface area contributed by atoms with Gasteiger partial charge in [0.05, 0.1) is 18.5 Å². The predicted octanol–water partition coefficient (Wildman–Crippen LogP) is 0.662. The summed E-state index contributed by atoms with van der Waals surface area (Å²) >= 11 is 0. The molecule has 0 aromatic rings. The Hall–Kier alpha value is -0.700. The van der Waals surface area contributed by atoms with Gasteiger partial charge in [0.15, 0.2) is 0 Å². The molecular formula is C17H33N3O4S. The van der Waals surface area contributed by atoms with E-state index in [2.05, 4.69) is 37.9 Å². The Morgan fingerprint density at radius 3 is 2.16 bits per heavy atom. The highest BCUT2D eigenvalue weighted by molar-refractivity contribution is 7.88. The van der Waals surface area contributed by atoms with E-state index in [4.69, 9.17) is 4.74 Å². The van der Waals surface area contributed by atoms with E-state index in [9.17, 15) is 13.2 Å². The molecule has 146 valence electrons. The zero-order chi connectivity index (χ0) is 18.8. The molecule has 0 aliphatic carbocycles. The second-order valence-corrected chi connectivity index (χ2v) is 10.1. The molecule has 0 radical (unpaired) electrons. The van der Waals surface area contributed by atoms with Crippen molar-refractivity contribution < 1.29 is 17.9 Å². The van der Waals surface area contributed by atoms with Crippen molar-refractivity contribution in [3.05, 3.63) is 0 Å². The van der Waals surface area contributed by atoms with Crippen LogP contribution < -0.4 is 5.32 Å². The summed E-state index contributed by atoms with van der Waals surface area (Å²) in [6.45, 7) is 11.6. The van der Waals surface area contributed by atoms with Gasteiger partial charge in [0.25, 0.3) is 0 Å². The molecule has 0 aromatic carbocycles. The third kappa shape index (κ3) is 5.64. The van der Waals surface area contributed by atoms with Gasteiger partial charge in [0, 0.05) is 44.2 Å². The van der Waals surface area contributed by atoms with Crippen LogP contribution in [0, 0.1) is 5.92 Å². The largest absolute Gasteiger partial charge is 0.373 e. The standard InChI is InChI=1S/C17H33N3O4S/c1-13-10-19(11-14(2)24-13)17(3,4)12-18-16(21)15-6-8-20(9-7-15)25(5,22)23/h13-15H,6-12H2,1-5H3,(H,18,21)/t13-,14-/m0/s1. The Bertz CT molecular complexity index is 560. The van der Waals surface area contributed by atoms with E-state index >= 15 is 0 Å². The number of nitrogens with zero attached hydrogens (tertiary/aromatic N) is 2. The lowest BCUT2D eigenvalue weighted by Crippen LogP contribution is -2.59. The van der Waals surface area contributed by atoms with Gasteiger partial charge in [-0.15, -0.1) is 0 Å². The van der Waals surface area contributed by atoms with E-state index in [1.54, 1.807) is 0 Å². The molecule has 2 fully saturated rings. The molecule has 25 heavy (non-hydrogen) atoms. The molecule has 0 bridgehead atoms. The minimum Gasteiger partial charge on any atom is -0.373 e. The van der Waals surface area contributed by atoms with Gasteiger partial charge >= 0.3 is 0 Å². The van der Waals surface area contributed by atoms with Gasteiger partial charge in [-0.2, -0.15) is 0 Å². The number of carbonyl (C=O) groups is 1. The van der Waals surface area contributed by atoms with Gasteiger partial charge in [-0.05, 0) is 40.5 Å². The van der Waals surface area contributed by atoms with Crippen LogP contribution in [0.3, 0.4) is 0 Å². The number of hydrogen-bond acceptors (Lipinski definition) is 5. The fourth-order valence-electron chi connectivity index (χ4n) is 3.68. The third-order valence-corrected chi connectivity index (χ3v) is 6.57. The number of nitrogens with one attached hydrogen (secondary N) is 1. The lowest BCUT2D eigenvalue weighted by atomic mass is 9.95. The molecule has 0 saturated carbocycles. The van der Waals surface area contributed by atoms with Crippen LogP contribution in [0.25, 0.3) is 0 Å². The highest BCUT2D eigenvalue weighted by Crippen LogP contribution is 2.22. The molecular weight excluding hydrogens is 342 g/mol. The van der Waals surface area contributed by atoms with Crippen molar-refractivity contribution in [3.63, 3.8) is 0 Å². The normalized spacial score (nSPS) is 28.0. The quantitative estimate of drug-likeness (QED) is 0.764. The van der Waals surface area contributed by atoms with Crippen molar-refractivity contribution in [1.82, 2.24) is 14.5 Å². The van der Waals surface area contributed by atoms with Gasteiger partial charge in [0.1, 0.15) is 0 Å². The Labute approximate surface area is 152 Å². The first-order chi connectivity index (χ1) is 11.5. The topological polar surface area (TPSA) is 79.0 Å². The third-order valence-electron chi connectivity index (χ3n) is 5.26. The Morgan fingerprint density at radius 2 is 1.68 bits per heavy atom. The number of rotatable bonds is 5. The number of hydrogen-bond donors (Lipinski definition) is 1. The van der Waals surface area contributed by atoms with E-state index < -0.39 is 10.0 Å². The summed E-state index contributed by atoms with van der Waals surface area (Å²) in [6.07, 6.45) is 2.79. The summed E-state index contributed by atoms with van der Waals surface area (Å²) in [4.78, 5) is 14.9. The molecule has 2 aliphatic heterocycles. The number of amides is 1. The van der Waals surface area contributed by atoms with E-state index in [0.29, 0.717) is 32.5 Å². The van der Waals surface area contributed by atoms with Gasteiger partial charge in [0.2, 0.25) is 15.9 Å². The lowest BCUT2D eigenvalue weighted by Gasteiger charge is -2.45. The predicted molar refractivity (Wildman–Crippen MR) is 97.8 cm³/mol. The molecule has 1 N–H and O–H groups in total. The summed E-state index contributed by atoms with van der Waals surface area (Å²) in [6, 6.07) is 0. The Morgan fingerprint density at radius 1 is 1.16 bits per heavy atom. The van der Waals surface area contributed by atoms with Gasteiger partial charge in [-0.3, -0.25) is 9.69 Å². The molecule has 8 heteroatoms. The van der Waals surface area contributed by atoms with Crippen molar-refractivity contribution in [2.24, 2.45) is 5.92 Å². The summed E-state index contributed by atoms with van der Waals surface area (Å²) in [5, 5.41) is 3.08. The summed E-state index contributed by atoms with van der Waals surface area (Å²) in [5.74, 6) is -0.0630. The minimum absolute atomic E-state index is 0.0376. The SMILES string of the molecule is C[C@H]1CN(C(C)(C)CNC(=O)C2CCN(S(C)(=O)=O)CC2)C[C@H](C)O1. The molecule has 2 heterocycles. The van der Waals surface area contributed by atoms with Crippen molar-refractivity contribution in [1.29, 1.82) is 0 Å². The first-order valence-electron chi connectivity index (χ1n) is 9.12. The van der Waals surface area contributed by atoms with Crippen LogP contribution in [0.4, 0.5) is 0 Å². The van der Waals surface area contributed by atoms with E-state index in [1.807, 2.05) is 0 Å². The Kier molecular flexibility index (Phi) is 6.51. The lowest BCUT2D eigenvalue weighted by molar-refractivity contribution is -0.127. The highest BCUT2D eigenvalue weighted by Gasteiger charge is 2.34. The van der Waals surface area contributed by atoms with Gasteiger partial charge < -0.3 is 10.1 Å². The van der Waals surface area contributed by atoms with Crippen LogP contribution in [-0.4, -0.2) is 80.3 Å². The van der Waals surface area contributed by atoms with E-state index in [0.717, 1.165) is 13.1 Å². The van der Waals surface area contributed by atoms with Crippen LogP contribution in [-0.2, 0) is 19.6 Å². The van der Waals surface area contributed by atoms with Crippen LogP contribution >= 0.6 is 0 Å². The molecule has 0 unspecified atom stereocenters. The summed E-state index contributed by atoms with van der Waals surface area (Å²) in [7, 11) is -3.15. The number of sulfonamides is 1. The molecule has 2 aliphatic rings. The van der Waals surface area contributed by atoms with Crippen LogP contribution in [0.5, 0.6) is 0 Å². The monoisotopic (exact) mass is 375 g/mol. The second-order valence-electron chi connectivity index (χ2n) is 8.13. The number of piperidine rings is 1. The summed E-state index contributed by atoms with van der Waals surface area (Å²) in [5.41, 5.74) is -0.143. The van der Waals surface area contributed by atoms with Crippen LogP contribution in [0.1, 0.15) is 40.5 Å². The van der Waals surface area contributed by atoms with Crippen molar-refractivity contribution in [2.75, 3.05) is 39.0 Å². The molecule has 2 rings (SSSR count). The average Bonchev–Trinajstić information content (AvgIpc) is 2.51. The summed E-state index contributed by atoms with van der Waals surface area (Å²) < 4.78 is 30.4. The number of ether oxygens (including phenoxy) is 1. The smallest absolute Gasteiger partial charge is 0.223 e. The first kappa shape index (κ1) is 20.6. The zero-order valence-electron chi connectivity index (χ0n) is 16.1. The zero-order valence-corrected chi connectivity index (χ0v) is 16.9. The average molecular weight is 376 g/mol.